The number of rotatable bonds is 6. The molecule has 0 fully saturated rings. The Bertz CT molecular complexity index is 707. The predicted octanol–water partition coefficient (Wildman–Crippen LogP) is 3.35. The van der Waals surface area contributed by atoms with Crippen LogP contribution in [0, 0.1) is 0 Å². The molecule has 0 aliphatic heterocycles. The molecule has 23 heavy (non-hydrogen) atoms. The van der Waals surface area contributed by atoms with E-state index in [4.69, 9.17) is 9.47 Å². The van der Waals surface area contributed by atoms with Crippen LogP contribution in [0.2, 0.25) is 0 Å². The molecule has 0 bridgehead atoms. The third kappa shape index (κ3) is 4.10. The monoisotopic (exact) mass is 314 g/mol. The van der Waals surface area contributed by atoms with Crippen LogP contribution in [0.25, 0.3) is 0 Å². The fraction of sp³-hybridized carbons (Fsp3) is 0.222. The molecule has 0 saturated heterocycles. The van der Waals surface area contributed by atoms with Crippen LogP contribution in [-0.2, 0) is 11.3 Å². The molecular formula is C18H18O5. The molecule has 0 radical (unpaired) electrons. The van der Waals surface area contributed by atoms with Crippen LogP contribution in [0.1, 0.15) is 40.1 Å². The van der Waals surface area contributed by atoms with Gasteiger partial charge in [0.1, 0.15) is 6.61 Å². The number of aromatic hydroxyl groups is 1. The van der Waals surface area contributed by atoms with Crippen molar-refractivity contribution in [1.29, 1.82) is 0 Å². The van der Waals surface area contributed by atoms with Gasteiger partial charge in [-0.05, 0) is 31.5 Å². The normalized spacial score (nSPS) is 10.2. The predicted molar refractivity (Wildman–Crippen MR) is 84.8 cm³/mol. The Morgan fingerprint density at radius 2 is 1.78 bits per heavy atom. The lowest BCUT2D eigenvalue weighted by molar-refractivity contribution is 0.0522. The van der Waals surface area contributed by atoms with E-state index >= 15 is 0 Å². The molecule has 5 nitrogen and oxygen atoms in total. The number of esters is 1. The van der Waals surface area contributed by atoms with E-state index in [-0.39, 0.29) is 41.6 Å². The summed E-state index contributed by atoms with van der Waals surface area (Å²) in [4.78, 5) is 23.7. The van der Waals surface area contributed by atoms with Crippen LogP contribution in [0.15, 0.2) is 42.5 Å². The summed E-state index contributed by atoms with van der Waals surface area (Å²) in [5.41, 5.74) is 1.11. The fourth-order valence-electron chi connectivity index (χ4n) is 2.09. The maximum Gasteiger partial charge on any atom is 0.338 e. The van der Waals surface area contributed by atoms with Gasteiger partial charge in [0.2, 0.25) is 0 Å². The summed E-state index contributed by atoms with van der Waals surface area (Å²) in [5, 5.41) is 10.0. The van der Waals surface area contributed by atoms with Gasteiger partial charge in [0.05, 0.1) is 12.2 Å². The third-order valence-corrected chi connectivity index (χ3v) is 3.21. The summed E-state index contributed by atoms with van der Waals surface area (Å²) in [5.74, 6) is -1.03. The molecule has 2 aromatic rings. The Morgan fingerprint density at radius 3 is 2.39 bits per heavy atom. The van der Waals surface area contributed by atoms with Crippen molar-refractivity contribution in [3.63, 3.8) is 0 Å². The lowest BCUT2D eigenvalue weighted by Crippen LogP contribution is -2.11. The van der Waals surface area contributed by atoms with Gasteiger partial charge < -0.3 is 14.6 Å². The van der Waals surface area contributed by atoms with Gasteiger partial charge >= 0.3 is 5.97 Å². The second kappa shape index (κ2) is 7.45. The Kier molecular flexibility index (Phi) is 5.36. The molecule has 5 heteroatoms. The Morgan fingerprint density at radius 1 is 1.09 bits per heavy atom. The van der Waals surface area contributed by atoms with Crippen molar-refractivity contribution in [2.75, 3.05) is 6.61 Å². The summed E-state index contributed by atoms with van der Waals surface area (Å²) in [6, 6.07) is 12.0. The second-order valence-corrected chi connectivity index (χ2v) is 4.92. The Labute approximate surface area is 134 Å². The summed E-state index contributed by atoms with van der Waals surface area (Å²) >= 11 is 0. The zero-order valence-corrected chi connectivity index (χ0v) is 13.0. The summed E-state index contributed by atoms with van der Waals surface area (Å²) in [7, 11) is 0. The van der Waals surface area contributed by atoms with Gasteiger partial charge in [0.25, 0.3) is 0 Å². The topological polar surface area (TPSA) is 72.8 Å². The molecule has 0 aliphatic rings. The van der Waals surface area contributed by atoms with E-state index in [2.05, 4.69) is 0 Å². The summed E-state index contributed by atoms with van der Waals surface area (Å²) in [6.45, 7) is 3.42. The number of carbonyl (C=O) groups excluding carboxylic acids is 2. The number of phenols is 1. The molecule has 0 aromatic heterocycles. The van der Waals surface area contributed by atoms with Gasteiger partial charge in [-0.2, -0.15) is 0 Å². The van der Waals surface area contributed by atoms with Crippen molar-refractivity contribution in [2.45, 2.75) is 20.5 Å². The van der Waals surface area contributed by atoms with Gasteiger partial charge in [-0.3, -0.25) is 4.79 Å². The van der Waals surface area contributed by atoms with Crippen molar-refractivity contribution in [2.24, 2.45) is 0 Å². The number of benzene rings is 2. The van der Waals surface area contributed by atoms with E-state index in [0.717, 1.165) is 5.56 Å². The fourth-order valence-corrected chi connectivity index (χ4v) is 2.09. The molecule has 0 aliphatic carbocycles. The van der Waals surface area contributed by atoms with E-state index in [9.17, 15) is 14.7 Å². The first-order valence-electron chi connectivity index (χ1n) is 7.24. The number of carbonyl (C=O) groups is 2. The van der Waals surface area contributed by atoms with E-state index < -0.39 is 5.97 Å². The van der Waals surface area contributed by atoms with Crippen LogP contribution < -0.4 is 4.74 Å². The van der Waals surface area contributed by atoms with E-state index in [1.807, 2.05) is 30.3 Å². The molecule has 0 heterocycles. The van der Waals surface area contributed by atoms with Gasteiger partial charge in [-0.15, -0.1) is 0 Å². The molecule has 120 valence electrons. The van der Waals surface area contributed by atoms with Crippen LogP contribution >= 0.6 is 0 Å². The lowest BCUT2D eigenvalue weighted by Gasteiger charge is -2.12. The third-order valence-electron chi connectivity index (χ3n) is 3.21. The smallest absolute Gasteiger partial charge is 0.338 e. The highest BCUT2D eigenvalue weighted by Gasteiger charge is 2.20. The number of hydrogen-bond donors (Lipinski definition) is 1. The maximum absolute atomic E-state index is 12.0. The van der Waals surface area contributed by atoms with Crippen molar-refractivity contribution in [3.8, 4) is 11.5 Å². The molecule has 1 N–H and O–H groups in total. The maximum atomic E-state index is 12.0. The van der Waals surface area contributed by atoms with Crippen molar-refractivity contribution >= 4 is 11.8 Å². The molecule has 2 rings (SSSR count). The molecule has 0 saturated carbocycles. The van der Waals surface area contributed by atoms with Gasteiger partial charge in [0.15, 0.2) is 17.3 Å². The minimum absolute atomic E-state index is 0.0835. The molecule has 0 spiro atoms. The summed E-state index contributed by atoms with van der Waals surface area (Å²) in [6.07, 6.45) is 0. The first-order valence-corrected chi connectivity index (χ1v) is 7.24. The second-order valence-electron chi connectivity index (χ2n) is 4.92. The minimum Gasteiger partial charge on any atom is -0.504 e. The SMILES string of the molecule is CCOC(=O)c1cc(OCc2ccccc2)c(O)cc1C(C)=O. The number of ketones is 1. The minimum atomic E-state index is -0.623. The average molecular weight is 314 g/mol. The van der Waals surface area contributed by atoms with E-state index in [1.165, 1.54) is 19.1 Å². The summed E-state index contributed by atoms with van der Waals surface area (Å²) < 4.78 is 10.5. The zero-order chi connectivity index (χ0) is 16.8. The van der Waals surface area contributed by atoms with E-state index in [0.29, 0.717) is 0 Å². The highest BCUT2D eigenvalue weighted by molar-refractivity contribution is 6.06. The highest BCUT2D eigenvalue weighted by Crippen LogP contribution is 2.31. The molecular weight excluding hydrogens is 296 g/mol. The van der Waals surface area contributed by atoms with E-state index in [1.54, 1.807) is 6.92 Å². The van der Waals surface area contributed by atoms with Gasteiger partial charge in [-0.1, -0.05) is 30.3 Å². The lowest BCUT2D eigenvalue weighted by atomic mass is 10.0. The highest BCUT2D eigenvalue weighted by atomic mass is 16.5. The van der Waals surface area contributed by atoms with Gasteiger partial charge in [-0.25, -0.2) is 4.79 Å². The van der Waals surface area contributed by atoms with Gasteiger partial charge in [0, 0.05) is 5.56 Å². The number of phenolic OH excluding ortho intramolecular Hbond substituents is 1. The Hall–Kier alpha value is -2.82. The average Bonchev–Trinajstić information content (AvgIpc) is 2.54. The zero-order valence-electron chi connectivity index (χ0n) is 13.0. The number of ether oxygens (including phenoxy) is 2. The molecule has 0 amide bonds. The number of hydrogen-bond acceptors (Lipinski definition) is 5. The quantitative estimate of drug-likeness (QED) is 0.654. The molecule has 0 unspecified atom stereocenters. The van der Waals surface area contributed by atoms with Crippen LogP contribution in [0.5, 0.6) is 11.5 Å². The Balaban J connectivity index is 2.31. The standard InChI is InChI=1S/C18H18O5/c1-3-22-18(21)15-10-17(16(20)9-14(15)12(2)19)23-11-13-7-5-4-6-8-13/h4-10,20H,3,11H2,1-2H3. The number of Topliss-reactive ketones (excluding diaryl/α,β-unsaturated/α-hetero) is 1. The molecule has 2 aromatic carbocycles. The van der Waals surface area contributed by atoms with Crippen LogP contribution in [0.3, 0.4) is 0 Å². The van der Waals surface area contributed by atoms with Crippen molar-refractivity contribution in [3.05, 3.63) is 59.2 Å². The van der Waals surface area contributed by atoms with Crippen molar-refractivity contribution in [1.82, 2.24) is 0 Å². The van der Waals surface area contributed by atoms with Crippen LogP contribution in [0.4, 0.5) is 0 Å². The van der Waals surface area contributed by atoms with Crippen molar-refractivity contribution < 1.29 is 24.2 Å². The first kappa shape index (κ1) is 16.5. The first-order chi connectivity index (χ1) is 11.0. The van der Waals surface area contributed by atoms with Crippen LogP contribution in [-0.4, -0.2) is 23.5 Å². The molecule has 0 atom stereocenters. The largest absolute Gasteiger partial charge is 0.504 e.